The molecule has 2 amide bonds. The quantitative estimate of drug-likeness (QED) is 0.724. The van der Waals surface area contributed by atoms with Crippen LogP contribution in [0.15, 0.2) is 0 Å². The highest BCUT2D eigenvalue weighted by molar-refractivity contribution is 5.90. The minimum absolute atomic E-state index is 0.407. The first-order chi connectivity index (χ1) is 10.6. The normalized spacial score (nSPS) is 20.6. The molecule has 1 aliphatic heterocycles. The summed E-state index contributed by atoms with van der Waals surface area (Å²) in [5.74, 6) is -1.25. The molecule has 1 aliphatic rings. The van der Waals surface area contributed by atoms with Crippen LogP contribution in [-0.2, 0) is 19.1 Å². The Hall–Kier alpha value is -1.83. The average molecular weight is 330 g/mol. The molecule has 8 heteroatoms. The van der Waals surface area contributed by atoms with E-state index in [-0.39, 0.29) is 0 Å². The summed E-state index contributed by atoms with van der Waals surface area (Å²) in [4.78, 5) is 37.5. The number of esters is 1. The number of hydrogen-bond donors (Lipinski definition) is 2. The van der Waals surface area contributed by atoms with E-state index in [4.69, 9.17) is 4.74 Å². The lowest BCUT2D eigenvalue weighted by atomic mass is 10.1. The van der Waals surface area contributed by atoms with E-state index in [1.807, 2.05) is 0 Å². The number of ether oxygens (including phenoxy) is 2. The second-order valence-corrected chi connectivity index (χ2v) is 6.58. The third-order valence-corrected chi connectivity index (χ3v) is 3.42. The van der Waals surface area contributed by atoms with E-state index in [2.05, 4.69) is 10.1 Å². The first kappa shape index (κ1) is 19.2. The molecule has 0 radical (unpaired) electrons. The number of aliphatic hydroxyl groups is 1. The Kier molecular flexibility index (Phi) is 6.37. The van der Waals surface area contributed by atoms with Gasteiger partial charge in [-0.05, 0) is 40.5 Å². The van der Waals surface area contributed by atoms with Gasteiger partial charge in [-0.25, -0.2) is 9.59 Å². The van der Waals surface area contributed by atoms with Crippen LogP contribution in [-0.4, -0.2) is 65.4 Å². The summed E-state index contributed by atoms with van der Waals surface area (Å²) in [6.07, 6.45) is -0.544. The molecule has 0 saturated carbocycles. The Bertz CT molecular complexity index is 457. The number of hydrogen-bond acceptors (Lipinski definition) is 6. The Morgan fingerprint density at radius 3 is 2.39 bits per heavy atom. The van der Waals surface area contributed by atoms with Gasteiger partial charge in [0.05, 0.1) is 13.2 Å². The van der Waals surface area contributed by atoms with Gasteiger partial charge in [-0.2, -0.15) is 0 Å². The topological polar surface area (TPSA) is 105 Å². The lowest BCUT2D eigenvalue weighted by Crippen LogP contribution is -2.54. The van der Waals surface area contributed by atoms with E-state index < -0.39 is 41.8 Å². The Morgan fingerprint density at radius 2 is 1.91 bits per heavy atom. The number of likely N-dealkylation sites (tertiary alicyclic amines) is 1. The maximum absolute atomic E-state index is 12.4. The van der Waals surface area contributed by atoms with Gasteiger partial charge in [0.1, 0.15) is 11.6 Å². The number of amides is 2. The fourth-order valence-electron chi connectivity index (χ4n) is 2.33. The lowest BCUT2D eigenvalue weighted by molar-refractivity contribution is -0.148. The highest BCUT2D eigenvalue weighted by Gasteiger charge is 2.38. The highest BCUT2D eigenvalue weighted by atomic mass is 16.6. The standard InChI is InChI=1S/C15H26N2O6/c1-9(18)11(13(20)22-5)16-12(19)10-7-6-8-17(10)14(21)23-15(2,3)4/h9-11,18H,6-8H2,1-5H3,(H,16,19)/t9-,10+,11+/m1/s1. The Labute approximate surface area is 136 Å². The van der Waals surface area contributed by atoms with Crippen LogP contribution in [0.3, 0.4) is 0 Å². The average Bonchev–Trinajstić information content (AvgIpc) is 2.91. The van der Waals surface area contributed by atoms with Gasteiger partial charge < -0.3 is 19.9 Å². The number of carbonyl (C=O) groups is 3. The van der Waals surface area contributed by atoms with E-state index in [1.165, 1.54) is 18.9 Å². The first-order valence-corrected chi connectivity index (χ1v) is 7.62. The smallest absolute Gasteiger partial charge is 0.410 e. The van der Waals surface area contributed by atoms with Crippen LogP contribution in [0, 0.1) is 0 Å². The molecule has 0 aromatic heterocycles. The number of rotatable bonds is 4. The summed E-state index contributed by atoms with van der Waals surface area (Å²) < 4.78 is 9.85. The van der Waals surface area contributed by atoms with E-state index in [9.17, 15) is 19.5 Å². The van der Waals surface area contributed by atoms with Gasteiger partial charge in [0, 0.05) is 6.54 Å². The largest absolute Gasteiger partial charge is 0.467 e. The number of methoxy groups -OCH3 is 1. The van der Waals surface area contributed by atoms with Gasteiger partial charge in [-0.15, -0.1) is 0 Å². The predicted octanol–water partition coefficient (Wildman–Crippen LogP) is 0.425. The van der Waals surface area contributed by atoms with Crippen LogP contribution in [0.25, 0.3) is 0 Å². The van der Waals surface area contributed by atoms with E-state index >= 15 is 0 Å². The van der Waals surface area contributed by atoms with Crippen molar-refractivity contribution in [2.24, 2.45) is 0 Å². The molecule has 0 aromatic rings. The van der Waals surface area contributed by atoms with Crippen molar-refractivity contribution in [3.05, 3.63) is 0 Å². The summed E-state index contributed by atoms with van der Waals surface area (Å²) in [6, 6.07) is -1.90. The van der Waals surface area contributed by atoms with E-state index in [0.717, 1.165) is 0 Å². The van der Waals surface area contributed by atoms with Crippen LogP contribution in [0.2, 0.25) is 0 Å². The van der Waals surface area contributed by atoms with Crippen LogP contribution >= 0.6 is 0 Å². The number of aliphatic hydroxyl groups excluding tert-OH is 1. The second kappa shape index (κ2) is 7.63. The van der Waals surface area contributed by atoms with Crippen LogP contribution in [0.5, 0.6) is 0 Å². The van der Waals surface area contributed by atoms with Gasteiger partial charge in [-0.1, -0.05) is 0 Å². The van der Waals surface area contributed by atoms with Crippen molar-refractivity contribution in [3.63, 3.8) is 0 Å². The maximum Gasteiger partial charge on any atom is 0.410 e. The van der Waals surface area contributed by atoms with Crippen molar-refractivity contribution in [1.82, 2.24) is 10.2 Å². The zero-order chi connectivity index (χ0) is 17.8. The van der Waals surface area contributed by atoms with Crippen LogP contribution in [0.4, 0.5) is 4.79 Å². The zero-order valence-corrected chi connectivity index (χ0v) is 14.3. The molecule has 1 rings (SSSR count). The van der Waals surface area contributed by atoms with Crippen LogP contribution in [0.1, 0.15) is 40.5 Å². The van der Waals surface area contributed by atoms with Gasteiger partial charge in [-0.3, -0.25) is 9.69 Å². The molecule has 1 heterocycles. The molecule has 2 N–H and O–H groups in total. The molecular formula is C15H26N2O6. The minimum Gasteiger partial charge on any atom is -0.467 e. The third-order valence-electron chi connectivity index (χ3n) is 3.42. The highest BCUT2D eigenvalue weighted by Crippen LogP contribution is 2.21. The van der Waals surface area contributed by atoms with Crippen molar-refractivity contribution in [2.45, 2.75) is 64.3 Å². The van der Waals surface area contributed by atoms with Gasteiger partial charge in [0.2, 0.25) is 5.91 Å². The molecule has 0 aromatic carbocycles. The van der Waals surface area contributed by atoms with Gasteiger partial charge in [0.15, 0.2) is 6.04 Å². The molecule has 132 valence electrons. The Balaban J connectivity index is 2.77. The molecule has 0 bridgehead atoms. The van der Waals surface area contributed by atoms with Gasteiger partial charge in [0.25, 0.3) is 0 Å². The van der Waals surface area contributed by atoms with E-state index in [1.54, 1.807) is 20.8 Å². The predicted molar refractivity (Wildman–Crippen MR) is 81.6 cm³/mol. The summed E-state index contributed by atoms with van der Waals surface area (Å²) in [5, 5.41) is 12.1. The van der Waals surface area contributed by atoms with Crippen molar-refractivity contribution >= 4 is 18.0 Å². The molecule has 0 unspecified atom stereocenters. The van der Waals surface area contributed by atoms with E-state index in [0.29, 0.717) is 19.4 Å². The summed E-state index contributed by atoms with van der Waals surface area (Å²) in [5.41, 5.74) is -0.658. The third kappa shape index (κ3) is 5.38. The molecule has 23 heavy (non-hydrogen) atoms. The minimum atomic E-state index is -1.17. The van der Waals surface area contributed by atoms with Gasteiger partial charge >= 0.3 is 12.1 Å². The molecular weight excluding hydrogens is 304 g/mol. The van der Waals surface area contributed by atoms with Crippen LogP contribution < -0.4 is 5.32 Å². The summed E-state index contributed by atoms with van der Waals surface area (Å²) in [7, 11) is 1.17. The molecule has 0 spiro atoms. The SMILES string of the molecule is COC(=O)[C@@H](NC(=O)[C@@H]1CCCN1C(=O)OC(C)(C)C)[C@@H](C)O. The fourth-order valence-corrected chi connectivity index (χ4v) is 2.33. The maximum atomic E-state index is 12.4. The first-order valence-electron chi connectivity index (χ1n) is 7.62. The summed E-state index contributed by atoms with van der Waals surface area (Å²) >= 11 is 0. The van der Waals surface area contributed by atoms with Crippen molar-refractivity contribution in [1.29, 1.82) is 0 Å². The van der Waals surface area contributed by atoms with Crippen molar-refractivity contribution in [3.8, 4) is 0 Å². The molecule has 1 fully saturated rings. The number of nitrogens with zero attached hydrogens (tertiary/aromatic N) is 1. The zero-order valence-electron chi connectivity index (χ0n) is 14.3. The summed E-state index contributed by atoms with van der Waals surface area (Å²) in [6.45, 7) is 7.02. The Morgan fingerprint density at radius 1 is 1.30 bits per heavy atom. The molecule has 3 atom stereocenters. The van der Waals surface area contributed by atoms with Crippen molar-refractivity contribution < 1.29 is 29.0 Å². The molecule has 1 saturated heterocycles. The monoisotopic (exact) mass is 330 g/mol. The second-order valence-electron chi connectivity index (χ2n) is 6.58. The van der Waals surface area contributed by atoms with Crippen molar-refractivity contribution in [2.75, 3.05) is 13.7 Å². The molecule has 0 aliphatic carbocycles. The molecule has 8 nitrogen and oxygen atoms in total. The number of carbonyl (C=O) groups excluding carboxylic acids is 3. The number of nitrogens with one attached hydrogen (secondary N) is 1. The lowest BCUT2D eigenvalue weighted by Gasteiger charge is -2.29. The fraction of sp³-hybridized carbons (Fsp3) is 0.800.